The molecule has 2 fully saturated rings. The quantitative estimate of drug-likeness (QED) is 0.888. The molecule has 3 unspecified atom stereocenters. The van der Waals surface area contributed by atoms with E-state index >= 15 is 0 Å². The Kier molecular flexibility index (Phi) is 4.99. The van der Waals surface area contributed by atoms with Gasteiger partial charge in [0.15, 0.2) is 0 Å². The van der Waals surface area contributed by atoms with Crippen molar-refractivity contribution in [3.8, 4) is 0 Å². The van der Waals surface area contributed by atoms with E-state index < -0.39 is 0 Å². The van der Waals surface area contributed by atoms with E-state index in [2.05, 4.69) is 37.0 Å². The summed E-state index contributed by atoms with van der Waals surface area (Å²) in [6, 6.07) is 2.16. The van der Waals surface area contributed by atoms with E-state index in [0.717, 1.165) is 22.6 Å². The Balaban J connectivity index is 1.85. The highest BCUT2D eigenvalue weighted by atomic mass is 32.2. The largest absolute Gasteiger partial charge is 0.373 e. The summed E-state index contributed by atoms with van der Waals surface area (Å²) < 4.78 is 0. The summed E-state index contributed by atoms with van der Waals surface area (Å²) in [5.74, 6) is 3.81. The van der Waals surface area contributed by atoms with Crippen molar-refractivity contribution in [2.45, 2.75) is 61.2 Å². The van der Waals surface area contributed by atoms with Crippen LogP contribution in [0.4, 0.5) is 5.82 Å². The molecule has 3 rings (SSSR count). The van der Waals surface area contributed by atoms with E-state index in [1.165, 1.54) is 31.4 Å². The summed E-state index contributed by atoms with van der Waals surface area (Å²) >= 11 is 4.10. The van der Waals surface area contributed by atoms with Gasteiger partial charge in [-0.1, -0.05) is 26.7 Å². The number of aromatic nitrogens is 2. The summed E-state index contributed by atoms with van der Waals surface area (Å²) in [5.41, 5.74) is 1.26. The average molecular weight is 324 g/mol. The molecule has 0 bridgehead atoms. The maximum absolute atomic E-state index is 4.96. The number of rotatable bonds is 3. The van der Waals surface area contributed by atoms with Gasteiger partial charge in [0.05, 0.1) is 5.25 Å². The molecule has 0 radical (unpaired) electrons. The topological polar surface area (TPSA) is 37.8 Å². The molecule has 0 spiro atoms. The van der Waals surface area contributed by atoms with Gasteiger partial charge in [-0.3, -0.25) is 0 Å². The number of nitrogens with zero attached hydrogens (tertiary/aromatic N) is 2. The predicted molar refractivity (Wildman–Crippen MR) is 94.5 cm³/mol. The van der Waals surface area contributed by atoms with Crippen LogP contribution in [0.3, 0.4) is 0 Å². The predicted octanol–water partition coefficient (Wildman–Crippen LogP) is 4.47. The SMILES string of the molecule is CNc1cc(C2CCCC2)nc(C2CSC(C)C(C)S2)n1. The molecule has 21 heavy (non-hydrogen) atoms. The second-order valence-corrected chi connectivity index (χ2v) is 9.13. The molecule has 1 aliphatic heterocycles. The average Bonchev–Trinajstić information content (AvgIpc) is 3.04. The lowest BCUT2D eigenvalue weighted by Gasteiger charge is -2.30. The highest BCUT2D eigenvalue weighted by molar-refractivity contribution is 8.07. The second kappa shape index (κ2) is 6.78. The van der Waals surface area contributed by atoms with Gasteiger partial charge in [0.1, 0.15) is 11.6 Å². The van der Waals surface area contributed by atoms with Crippen LogP contribution in [0.15, 0.2) is 6.07 Å². The van der Waals surface area contributed by atoms with E-state index in [-0.39, 0.29) is 0 Å². The van der Waals surface area contributed by atoms with Gasteiger partial charge in [-0.15, -0.1) is 11.8 Å². The van der Waals surface area contributed by atoms with Crippen molar-refractivity contribution in [3.63, 3.8) is 0 Å². The number of nitrogens with one attached hydrogen (secondary N) is 1. The maximum Gasteiger partial charge on any atom is 0.144 e. The molecule has 1 aromatic heterocycles. The number of hydrogen-bond donors (Lipinski definition) is 1. The summed E-state index contributed by atoms with van der Waals surface area (Å²) in [7, 11) is 1.96. The normalized spacial score (nSPS) is 30.5. The third-order valence-corrected chi connectivity index (χ3v) is 8.02. The van der Waals surface area contributed by atoms with Crippen LogP contribution in [0.25, 0.3) is 0 Å². The Morgan fingerprint density at radius 3 is 2.57 bits per heavy atom. The third kappa shape index (κ3) is 3.50. The molecule has 2 heterocycles. The highest BCUT2D eigenvalue weighted by Gasteiger charge is 2.29. The van der Waals surface area contributed by atoms with Crippen LogP contribution in [0, 0.1) is 0 Å². The van der Waals surface area contributed by atoms with Crippen LogP contribution in [0.1, 0.15) is 62.2 Å². The Morgan fingerprint density at radius 1 is 1.14 bits per heavy atom. The molecule has 2 aliphatic rings. The molecule has 0 amide bonds. The minimum absolute atomic E-state index is 0.439. The van der Waals surface area contributed by atoms with Crippen LogP contribution in [0.5, 0.6) is 0 Å². The first-order chi connectivity index (χ1) is 10.2. The summed E-state index contributed by atoms with van der Waals surface area (Å²) in [6.45, 7) is 4.65. The smallest absolute Gasteiger partial charge is 0.144 e. The Bertz CT molecular complexity index is 488. The fourth-order valence-corrected chi connectivity index (χ4v) is 5.95. The lowest BCUT2D eigenvalue weighted by molar-refractivity contribution is 0.684. The molecular formula is C16H25N3S2. The van der Waals surface area contributed by atoms with Crippen molar-refractivity contribution < 1.29 is 0 Å². The standard InChI is InChI=1S/C16H25N3S2/c1-10-11(2)21-14(9-20-10)16-18-13(8-15(17-3)19-16)12-6-4-5-7-12/h8,10-12,14H,4-7,9H2,1-3H3,(H,17,18,19). The first-order valence-corrected chi connectivity index (χ1v) is 10.00. The van der Waals surface area contributed by atoms with Crippen molar-refractivity contribution in [3.05, 3.63) is 17.6 Å². The number of thioether (sulfide) groups is 2. The van der Waals surface area contributed by atoms with Crippen molar-refractivity contribution in [1.82, 2.24) is 9.97 Å². The molecule has 1 aromatic rings. The third-order valence-electron chi connectivity index (χ3n) is 4.63. The molecule has 3 atom stereocenters. The lowest BCUT2D eigenvalue weighted by Crippen LogP contribution is -2.23. The monoisotopic (exact) mass is 323 g/mol. The van der Waals surface area contributed by atoms with E-state index in [0.29, 0.717) is 16.4 Å². The van der Waals surface area contributed by atoms with Gasteiger partial charge in [-0.2, -0.15) is 11.8 Å². The molecule has 1 N–H and O–H groups in total. The fourth-order valence-electron chi connectivity index (χ4n) is 3.11. The van der Waals surface area contributed by atoms with E-state index in [1.807, 2.05) is 18.8 Å². The van der Waals surface area contributed by atoms with Crippen LogP contribution in [0.2, 0.25) is 0 Å². The molecule has 1 saturated carbocycles. The van der Waals surface area contributed by atoms with Gasteiger partial charge < -0.3 is 5.32 Å². The lowest BCUT2D eigenvalue weighted by atomic mass is 10.0. The molecule has 1 saturated heterocycles. The zero-order chi connectivity index (χ0) is 14.8. The Morgan fingerprint density at radius 2 is 1.90 bits per heavy atom. The Labute approximate surface area is 136 Å². The van der Waals surface area contributed by atoms with Crippen LogP contribution < -0.4 is 5.32 Å². The first kappa shape index (κ1) is 15.5. The molecule has 3 nitrogen and oxygen atoms in total. The van der Waals surface area contributed by atoms with Gasteiger partial charge in [0, 0.05) is 41.0 Å². The van der Waals surface area contributed by atoms with Crippen molar-refractivity contribution in [2.24, 2.45) is 0 Å². The summed E-state index contributed by atoms with van der Waals surface area (Å²) in [4.78, 5) is 9.71. The van der Waals surface area contributed by atoms with Gasteiger partial charge >= 0.3 is 0 Å². The minimum Gasteiger partial charge on any atom is -0.373 e. The van der Waals surface area contributed by atoms with Gasteiger partial charge in [0.2, 0.25) is 0 Å². The maximum atomic E-state index is 4.96. The number of hydrogen-bond acceptors (Lipinski definition) is 5. The van der Waals surface area contributed by atoms with Gasteiger partial charge in [-0.05, 0) is 12.8 Å². The van der Waals surface area contributed by atoms with Gasteiger partial charge in [0.25, 0.3) is 0 Å². The fraction of sp³-hybridized carbons (Fsp3) is 0.750. The van der Waals surface area contributed by atoms with Crippen molar-refractivity contribution >= 4 is 29.3 Å². The Hall–Kier alpha value is -0.420. The van der Waals surface area contributed by atoms with Crippen molar-refractivity contribution in [1.29, 1.82) is 0 Å². The second-order valence-electron chi connectivity index (χ2n) is 6.14. The van der Waals surface area contributed by atoms with Crippen LogP contribution in [-0.2, 0) is 0 Å². The van der Waals surface area contributed by atoms with Crippen molar-refractivity contribution in [2.75, 3.05) is 18.1 Å². The summed E-state index contributed by atoms with van der Waals surface area (Å²) in [5, 5.41) is 5.06. The molecule has 5 heteroatoms. The van der Waals surface area contributed by atoms with E-state index in [1.54, 1.807) is 0 Å². The first-order valence-electron chi connectivity index (χ1n) is 8.01. The number of anilines is 1. The van der Waals surface area contributed by atoms with Crippen LogP contribution in [-0.4, -0.2) is 33.3 Å². The summed E-state index contributed by atoms with van der Waals surface area (Å²) in [6.07, 6.45) is 5.28. The molecule has 1 aliphatic carbocycles. The molecule has 116 valence electrons. The molecular weight excluding hydrogens is 298 g/mol. The van der Waals surface area contributed by atoms with Gasteiger partial charge in [-0.25, -0.2) is 9.97 Å². The van der Waals surface area contributed by atoms with E-state index in [9.17, 15) is 0 Å². The van der Waals surface area contributed by atoms with E-state index in [4.69, 9.17) is 9.97 Å². The zero-order valence-electron chi connectivity index (χ0n) is 13.1. The zero-order valence-corrected chi connectivity index (χ0v) is 14.8. The molecule has 0 aromatic carbocycles. The minimum atomic E-state index is 0.439. The van der Waals surface area contributed by atoms with Crippen LogP contribution >= 0.6 is 23.5 Å². The highest BCUT2D eigenvalue weighted by Crippen LogP contribution is 2.44.